The van der Waals surface area contributed by atoms with Gasteiger partial charge in [0, 0.05) is 17.3 Å². The summed E-state index contributed by atoms with van der Waals surface area (Å²) in [6, 6.07) is 0. The lowest BCUT2D eigenvalue weighted by Crippen LogP contribution is -2.28. The van der Waals surface area contributed by atoms with Gasteiger partial charge in [-0.15, -0.1) is 12.4 Å². The first-order valence-electron chi connectivity index (χ1n) is 6.91. The van der Waals surface area contributed by atoms with Crippen LogP contribution in [0.2, 0.25) is 0 Å². The van der Waals surface area contributed by atoms with E-state index in [0.717, 1.165) is 25.3 Å². The van der Waals surface area contributed by atoms with E-state index in [-0.39, 0.29) is 12.4 Å². The molecule has 0 atom stereocenters. The highest BCUT2D eigenvalue weighted by Crippen LogP contribution is 2.27. The van der Waals surface area contributed by atoms with Gasteiger partial charge in [-0.05, 0) is 64.1 Å². The topological polar surface area (TPSA) is 37.8 Å². The Morgan fingerprint density at radius 2 is 1.78 bits per heavy atom. The largest absolute Gasteiger partial charge is 0.317 e. The van der Waals surface area contributed by atoms with Gasteiger partial charge in [0.15, 0.2) is 0 Å². The predicted molar refractivity (Wildman–Crippen MR) is 75.5 cm³/mol. The summed E-state index contributed by atoms with van der Waals surface area (Å²) in [5.41, 5.74) is 4.02. The average molecular weight is 268 g/mol. The van der Waals surface area contributed by atoms with E-state index in [9.17, 15) is 0 Å². The molecule has 3 nitrogen and oxygen atoms in total. The minimum Gasteiger partial charge on any atom is -0.317 e. The van der Waals surface area contributed by atoms with Crippen molar-refractivity contribution >= 4 is 12.4 Å². The predicted octanol–water partition coefficient (Wildman–Crippen LogP) is 2.55. The van der Waals surface area contributed by atoms with Crippen molar-refractivity contribution in [1.82, 2.24) is 15.3 Å². The third-order valence-electron chi connectivity index (χ3n) is 4.11. The lowest BCUT2D eigenvalue weighted by atomic mass is 9.93. The van der Waals surface area contributed by atoms with Crippen molar-refractivity contribution in [3.8, 4) is 0 Å². The molecule has 0 saturated carbocycles. The van der Waals surface area contributed by atoms with Gasteiger partial charge in [-0.3, -0.25) is 0 Å². The molecule has 1 N–H and O–H groups in total. The van der Waals surface area contributed by atoms with Gasteiger partial charge in [-0.2, -0.15) is 0 Å². The van der Waals surface area contributed by atoms with E-state index in [1.54, 1.807) is 0 Å². The lowest BCUT2D eigenvalue weighted by Gasteiger charge is -2.24. The SMILES string of the molecule is Cc1nc(C2CCNCC2)nc2c1CCCC2.Cl. The molecule has 1 aromatic rings. The molecule has 0 aromatic carbocycles. The van der Waals surface area contributed by atoms with Crippen LogP contribution in [0.4, 0.5) is 0 Å². The fraction of sp³-hybridized carbons (Fsp3) is 0.714. The van der Waals surface area contributed by atoms with E-state index in [0.29, 0.717) is 5.92 Å². The average Bonchev–Trinajstić information content (AvgIpc) is 2.40. The second kappa shape index (κ2) is 5.98. The van der Waals surface area contributed by atoms with Crippen LogP contribution in [0.5, 0.6) is 0 Å². The van der Waals surface area contributed by atoms with Crippen LogP contribution in [0.1, 0.15) is 54.4 Å². The summed E-state index contributed by atoms with van der Waals surface area (Å²) in [5, 5.41) is 3.41. The maximum Gasteiger partial charge on any atom is 0.132 e. The Hall–Kier alpha value is -0.670. The Bertz CT molecular complexity index is 414. The van der Waals surface area contributed by atoms with Crippen LogP contribution in [-0.4, -0.2) is 23.1 Å². The third-order valence-corrected chi connectivity index (χ3v) is 4.11. The number of nitrogens with one attached hydrogen (secondary N) is 1. The van der Waals surface area contributed by atoms with Crippen molar-refractivity contribution in [3.63, 3.8) is 0 Å². The number of halogens is 1. The van der Waals surface area contributed by atoms with E-state index in [1.165, 1.54) is 49.1 Å². The van der Waals surface area contributed by atoms with Crippen LogP contribution in [0.3, 0.4) is 0 Å². The van der Waals surface area contributed by atoms with Crippen LogP contribution in [-0.2, 0) is 12.8 Å². The summed E-state index contributed by atoms with van der Waals surface area (Å²) >= 11 is 0. The first-order chi connectivity index (χ1) is 8.34. The smallest absolute Gasteiger partial charge is 0.132 e. The highest BCUT2D eigenvalue weighted by Gasteiger charge is 2.21. The highest BCUT2D eigenvalue weighted by atomic mass is 35.5. The van der Waals surface area contributed by atoms with Gasteiger partial charge in [0.2, 0.25) is 0 Å². The van der Waals surface area contributed by atoms with E-state index >= 15 is 0 Å². The maximum absolute atomic E-state index is 4.86. The zero-order valence-corrected chi connectivity index (χ0v) is 11.9. The van der Waals surface area contributed by atoms with Crippen LogP contribution in [0, 0.1) is 6.92 Å². The van der Waals surface area contributed by atoms with Gasteiger partial charge >= 0.3 is 0 Å². The normalized spacial score (nSPS) is 20.1. The molecule has 4 heteroatoms. The zero-order valence-electron chi connectivity index (χ0n) is 11.0. The molecule has 3 rings (SSSR count). The van der Waals surface area contributed by atoms with Gasteiger partial charge in [0.05, 0.1) is 0 Å². The summed E-state index contributed by atoms with van der Waals surface area (Å²) in [6.45, 7) is 4.39. The number of hydrogen-bond acceptors (Lipinski definition) is 3. The third kappa shape index (κ3) is 2.67. The Morgan fingerprint density at radius 1 is 1.06 bits per heavy atom. The number of aromatic nitrogens is 2. The Morgan fingerprint density at radius 3 is 2.56 bits per heavy atom. The van der Waals surface area contributed by atoms with E-state index in [1.807, 2.05) is 0 Å². The van der Waals surface area contributed by atoms with Gasteiger partial charge < -0.3 is 5.32 Å². The first-order valence-corrected chi connectivity index (χ1v) is 6.91. The molecule has 1 fully saturated rings. The van der Waals surface area contributed by atoms with Crippen LogP contribution in [0.15, 0.2) is 0 Å². The second-order valence-corrected chi connectivity index (χ2v) is 5.32. The molecule has 2 aliphatic rings. The number of nitrogens with zero attached hydrogens (tertiary/aromatic N) is 2. The summed E-state index contributed by atoms with van der Waals surface area (Å²) in [7, 11) is 0. The molecule has 100 valence electrons. The summed E-state index contributed by atoms with van der Waals surface area (Å²) in [5.74, 6) is 1.70. The molecule has 2 heterocycles. The number of fused-ring (bicyclic) bond motifs is 1. The molecule has 0 amide bonds. The summed E-state index contributed by atoms with van der Waals surface area (Å²) in [4.78, 5) is 9.63. The fourth-order valence-corrected chi connectivity index (χ4v) is 3.07. The molecule has 0 spiro atoms. The number of aryl methyl sites for hydroxylation is 2. The zero-order chi connectivity index (χ0) is 11.7. The number of hydrogen-bond donors (Lipinski definition) is 1. The van der Waals surface area contributed by atoms with E-state index in [2.05, 4.69) is 12.2 Å². The first kappa shape index (κ1) is 13.8. The van der Waals surface area contributed by atoms with Crippen LogP contribution < -0.4 is 5.32 Å². The van der Waals surface area contributed by atoms with Crippen molar-refractivity contribution in [2.45, 2.75) is 51.4 Å². The molecule has 0 radical (unpaired) electrons. The monoisotopic (exact) mass is 267 g/mol. The Labute approximate surface area is 115 Å². The molecule has 1 saturated heterocycles. The highest BCUT2D eigenvalue weighted by molar-refractivity contribution is 5.85. The molecule has 0 bridgehead atoms. The molecule has 1 aliphatic carbocycles. The lowest BCUT2D eigenvalue weighted by molar-refractivity contribution is 0.441. The number of piperidine rings is 1. The van der Waals surface area contributed by atoms with Crippen LogP contribution in [0.25, 0.3) is 0 Å². The summed E-state index contributed by atoms with van der Waals surface area (Å²) < 4.78 is 0. The standard InChI is InChI=1S/C14H21N3.ClH/c1-10-12-4-2-3-5-13(12)17-14(16-10)11-6-8-15-9-7-11;/h11,15H,2-9H2,1H3;1H. The minimum atomic E-state index is 0. The van der Waals surface area contributed by atoms with Gasteiger partial charge in [0.25, 0.3) is 0 Å². The van der Waals surface area contributed by atoms with Crippen molar-refractivity contribution in [2.24, 2.45) is 0 Å². The second-order valence-electron chi connectivity index (χ2n) is 5.32. The minimum absolute atomic E-state index is 0. The Kier molecular flexibility index (Phi) is 4.57. The number of rotatable bonds is 1. The quantitative estimate of drug-likeness (QED) is 0.850. The molecular weight excluding hydrogens is 246 g/mol. The van der Waals surface area contributed by atoms with Crippen molar-refractivity contribution < 1.29 is 0 Å². The molecule has 1 aromatic heterocycles. The van der Waals surface area contributed by atoms with E-state index < -0.39 is 0 Å². The van der Waals surface area contributed by atoms with Crippen molar-refractivity contribution in [1.29, 1.82) is 0 Å². The van der Waals surface area contributed by atoms with Gasteiger partial charge in [0.1, 0.15) is 5.82 Å². The molecular formula is C14H22ClN3. The van der Waals surface area contributed by atoms with E-state index in [4.69, 9.17) is 9.97 Å². The maximum atomic E-state index is 4.86. The molecule has 0 unspecified atom stereocenters. The van der Waals surface area contributed by atoms with Gasteiger partial charge in [-0.25, -0.2) is 9.97 Å². The fourth-order valence-electron chi connectivity index (χ4n) is 3.07. The van der Waals surface area contributed by atoms with Crippen molar-refractivity contribution in [3.05, 3.63) is 22.8 Å². The molecule has 1 aliphatic heterocycles. The summed E-state index contributed by atoms with van der Waals surface area (Å²) in [6.07, 6.45) is 7.35. The Balaban J connectivity index is 0.00000120. The van der Waals surface area contributed by atoms with Crippen molar-refractivity contribution in [2.75, 3.05) is 13.1 Å². The molecule has 18 heavy (non-hydrogen) atoms. The van der Waals surface area contributed by atoms with Gasteiger partial charge in [-0.1, -0.05) is 0 Å². The van der Waals surface area contributed by atoms with Crippen LogP contribution >= 0.6 is 12.4 Å².